The second-order valence-electron chi connectivity index (χ2n) is 10.4. The second kappa shape index (κ2) is 12.0. The number of aromatic hydroxyl groups is 1. The van der Waals surface area contributed by atoms with E-state index in [1.165, 1.54) is 27.9 Å². The number of ether oxygens (including phenoxy) is 3. The number of anilines is 1. The molecule has 0 aromatic heterocycles. The zero-order chi connectivity index (χ0) is 26.5. The number of aryl methyl sites for hydroxylation is 1. The van der Waals surface area contributed by atoms with Crippen LogP contribution < -0.4 is 24.4 Å². The van der Waals surface area contributed by atoms with Crippen LogP contribution in [0.4, 0.5) is 5.69 Å². The van der Waals surface area contributed by atoms with Crippen molar-refractivity contribution in [1.29, 1.82) is 0 Å². The maximum atomic E-state index is 9.94. The van der Waals surface area contributed by atoms with E-state index < -0.39 is 0 Å². The van der Waals surface area contributed by atoms with Crippen LogP contribution in [0, 0.1) is 0 Å². The van der Waals surface area contributed by atoms with E-state index in [1.54, 1.807) is 20.3 Å². The lowest BCUT2D eigenvalue weighted by molar-refractivity contribution is 0.162. The Kier molecular flexibility index (Phi) is 8.28. The van der Waals surface area contributed by atoms with Crippen LogP contribution in [0.3, 0.4) is 0 Å². The van der Waals surface area contributed by atoms with E-state index in [0.717, 1.165) is 75.5 Å². The smallest absolute Gasteiger partial charge is 0.162 e. The Balaban J connectivity index is 1.40. The minimum Gasteiger partial charge on any atom is -0.508 e. The normalized spacial score (nSPS) is 17.5. The first-order valence-corrected chi connectivity index (χ1v) is 13.9. The third-order valence-corrected chi connectivity index (χ3v) is 8.00. The van der Waals surface area contributed by atoms with Crippen LogP contribution in [-0.2, 0) is 19.4 Å². The molecule has 1 aliphatic carbocycles. The van der Waals surface area contributed by atoms with Crippen molar-refractivity contribution in [3.05, 3.63) is 76.9 Å². The van der Waals surface area contributed by atoms with E-state index in [0.29, 0.717) is 17.8 Å². The van der Waals surface area contributed by atoms with Gasteiger partial charge in [-0.2, -0.15) is 0 Å². The van der Waals surface area contributed by atoms with Gasteiger partial charge in [0.15, 0.2) is 11.5 Å². The standard InChI is InChI=1S/C32H40N2O4/c1-4-34(21-22-5-11-27(12-6-22)38-28-13-15-33-16-14-28)30-20-32(37-3)31(36-2)19-29(30)25-8-7-24-18-26(35)10-9-23(24)17-25/h5-6,9-12,18-20,25,28,33,35H,4,7-8,13-17,21H2,1-3H3. The third-order valence-electron chi connectivity index (χ3n) is 8.00. The quantitative estimate of drug-likeness (QED) is 0.373. The summed E-state index contributed by atoms with van der Waals surface area (Å²) in [5.41, 5.74) is 6.28. The van der Waals surface area contributed by atoms with Gasteiger partial charge in [-0.25, -0.2) is 0 Å². The maximum absolute atomic E-state index is 9.94. The number of hydrogen-bond donors (Lipinski definition) is 2. The number of phenolic OH excluding ortho intramolecular Hbond substituents is 1. The number of phenols is 1. The monoisotopic (exact) mass is 516 g/mol. The van der Waals surface area contributed by atoms with Crippen molar-refractivity contribution in [2.75, 3.05) is 38.8 Å². The lowest BCUT2D eigenvalue weighted by Crippen LogP contribution is -2.34. The van der Waals surface area contributed by atoms with Gasteiger partial charge in [-0.3, -0.25) is 0 Å². The molecule has 202 valence electrons. The summed E-state index contributed by atoms with van der Waals surface area (Å²) >= 11 is 0. The molecule has 1 heterocycles. The molecule has 38 heavy (non-hydrogen) atoms. The summed E-state index contributed by atoms with van der Waals surface area (Å²) in [4.78, 5) is 2.42. The first kappa shape index (κ1) is 26.2. The molecule has 0 bridgehead atoms. The number of benzene rings is 3. The molecule has 1 unspecified atom stereocenters. The van der Waals surface area contributed by atoms with Crippen molar-refractivity contribution in [3.8, 4) is 23.0 Å². The van der Waals surface area contributed by atoms with Gasteiger partial charge in [0.2, 0.25) is 0 Å². The molecule has 2 aliphatic rings. The van der Waals surface area contributed by atoms with Crippen LogP contribution in [0.1, 0.15) is 54.4 Å². The summed E-state index contributed by atoms with van der Waals surface area (Å²) < 4.78 is 17.7. The molecule has 6 heteroatoms. The van der Waals surface area contributed by atoms with Gasteiger partial charge in [0.25, 0.3) is 0 Å². The summed E-state index contributed by atoms with van der Waals surface area (Å²) in [5, 5.41) is 13.3. The molecule has 5 rings (SSSR count). The molecule has 3 aromatic carbocycles. The predicted octanol–water partition coefficient (Wildman–Crippen LogP) is 5.84. The van der Waals surface area contributed by atoms with Crippen LogP contribution in [-0.4, -0.2) is 45.1 Å². The molecule has 1 atom stereocenters. The second-order valence-corrected chi connectivity index (χ2v) is 10.4. The number of methoxy groups -OCH3 is 2. The Bertz CT molecular complexity index is 1220. The summed E-state index contributed by atoms with van der Waals surface area (Å²) in [7, 11) is 3.40. The number of fused-ring (bicyclic) bond motifs is 1. The molecular formula is C32H40N2O4. The van der Waals surface area contributed by atoms with Gasteiger partial charge in [-0.1, -0.05) is 18.2 Å². The first-order valence-electron chi connectivity index (χ1n) is 13.9. The zero-order valence-electron chi connectivity index (χ0n) is 22.8. The summed E-state index contributed by atoms with van der Waals surface area (Å²) in [6, 6.07) is 18.7. The highest BCUT2D eigenvalue weighted by Crippen LogP contribution is 2.43. The lowest BCUT2D eigenvalue weighted by atomic mass is 9.79. The molecule has 6 nitrogen and oxygen atoms in total. The highest BCUT2D eigenvalue weighted by molar-refractivity contribution is 5.64. The van der Waals surface area contributed by atoms with E-state index in [9.17, 15) is 5.11 Å². The van der Waals surface area contributed by atoms with Gasteiger partial charge in [-0.05, 0) is 111 Å². The van der Waals surface area contributed by atoms with Crippen LogP contribution >= 0.6 is 0 Å². The Morgan fingerprint density at radius 2 is 1.63 bits per heavy atom. The van der Waals surface area contributed by atoms with Crippen molar-refractivity contribution in [2.45, 2.75) is 57.6 Å². The fourth-order valence-electron chi connectivity index (χ4n) is 5.86. The summed E-state index contributed by atoms with van der Waals surface area (Å²) in [6.07, 6.45) is 5.33. The van der Waals surface area contributed by atoms with Gasteiger partial charge in [0.05, 0.1) is 14.2 Å². The number of hydrogen-bond acceptors (Lipinski definition) is 6. The minimum absolute atomic E-state index is 0.299. The van der Waals surface area contributed by atoms with Gasteiger partial charge >= 0.3 is 0 Å². The summed E-state index contributed by atoms with van der Waals surface area (Å²) in [5.74, 6) is 3.16. The Morgan fingerprint density at radius 3 is 2.34 bits per heavy atom. The SMILES string of the molecule is CCN(Cc1ccc(OC2CCNCC2)cc1)c1cc(OC)c(OC)cc1C1CCc2cc(O)ccc2C1. The van der Waals surface area contributed by atoms with Crippen molar-refractivity contribution in [1.82, 2.24) is 5.32 Å². The van der Waals surface area contributed by atoms with Crippen LogP contribution in [0.5, 0.6) is 23.0 Å². The highest BCUT2D eigenvalue weighted by atomic mass is 16.5. The van der Waals surface area contributed by atoms with Crippen LogP contribution in [0.2, 0.25) is 0 Å². The Labute approximate surface area is 226 Å². The van der Waals surface area contributed by atoms with Gasteiger partial charge < -0.3 is 29.5 Å². The zero-order valence-corrected chi connectivity index (χ0v) is 22.8. The van der Waals surface area contributed by atoms with E-state index in [1.807, 2.05) is 6.07 Å². The van der Waals surface area contributed by atoms with E-state index >= 15 is 0 Å². The molecule has 1 aliphatic heterocycles. The van der Waals surface area contributed by atoms with Crippen molar-refractivity contribution in [2.24, 2.45) is 0 Å². The lowest BCUT2D eigenvalue weighted by Gasteiger charge is -2.32. The molecule has 2 N–H and O–H groups in total. The van der Waals surface area contributed by atoms with Crippen LogP contribution in [0.25, 0.3) is 0 Å². The Hall–Kier alpha value is -3.38. The average Bonchev–Trinajstić information content (AvgIpc) is 2.96. The van der Waals surface area contributed by atoms with Crippen molar-refractivity contribution < 1.29 is 19.3 Å². The summed E-state index contributed by atoms with van der Waals surface area (Å²) in [6.45, 7) is 5.92. The molecule has 0 spiro atoms. The largest absolute Gasteiger partial charge is 0.508 e. The van der Waals surface area contributed by atoms with Crippen molar-refractivity contribution in [3.63, 3.8) is 0 Å². The Morgan fingerprint density at radius 1 is 0.895 bits per heavy atom. The van der Waals surface area contributed by atoms with E-state index in [-0.39, 0.29) is 0 Å². The maximum Gasteiger partial charge on any atom is 0.162 e. The van der Waals surface area contributed by atoms with Gasteiger partial charge in [-0.15, -0.1) is 0 Å². The van der Waals surface area contributed by atoms with Crippen LogP contribution in [0.15, 0.2) is 54.6 Å². The number of nitrogens with zero attached hydrogens (tertiary/aromatic N) is 1. The molecule has 0 radical (unpaired) electrons. The third kappa shape index (κ3) is 5.86. The molecule has 1 fully saturated rings. The minimum atomic E-state index is 0.299. The number of nitrogens with one attached hydrogen (secondary N) is 1. The topological polar surface area (TPSA) is 63.2 Å². The first-order chi connectivity index (χ1) is 18.6. The average molecular weight is 517 g/mol. The van der Waals surface area contributed by atoms with Gasteiger partial charge in [0, 0.05) is 24.8 Å². The molecule has 0 saturated carbocycles. The molecular weight excluding hydrogens is 476 g/mol. The van der Waals surface area contributed by atoms with E-state index in [4.69, 9.17) is 14.2 Å². The van der Waals surface area contributed by atoms with Gasteiger partial charge in [0.1, 0.15) is 17.6 Å². The fraction of sp³-hybridized carbons (Fsp3) is 0.438. The molecule has 3 aromatic rings. The van der Waals surface area contributed by atoms with Crippen molar-refractivity contribution >= 4 is 5.69 Å². The van der Waals surface area contributed by atoms with E-state index in [2.05, 4.69) is 59.6 Å². The number of piperidine rings is 1. The predicted molar refractivity (Wildman–Crippen MR) is 152 cm³/mol. The fourth-order valence-corrected chi connectivity index (χ4v) is 5.86. The highest BCUT2D eigenvalue weighted by Gasteiger charge is 2.26. The molecule has 0 amide bonds. The number of rotatable bonds is 9. The molecule has 1 saturated heterocycles.